The second kappa shape index (κ2) is 6.33. The molecule has 1 aromatic heterocycles. The lowest BCUT2D eigenvalue weighted by atomic mass is 10.2. The molecule has 1 fully saturated rings. The molecule has 23 heavy (non-hydrogen) atoms. The number of hydrogen-bond acceptors (Lipinski definition) is 5. The predicted molar refractivity (Wildman–Crippen MR) is 91.7 cm³/mol. The van der Waals surface area contributed by atoms with Gasteiger partial charge in [0.2, 0.25) is 5.91 Å². The van der Waals surface area contributed by atoms with E-state index in [-0.39, 0.29) is 29.2 Å². The van der Waals surface area contributed by atoms with E-state index in [9.17, 15) is 13.2 Å². The largest absolute Gasteiger partial charge is 0.341 e. The molecular formula is C14H16ClN3O3S2. The second-order valence-corrected chi connectivity index (χ2v) is 9.18. The molecule has 1 aromatic carbocycles. The third-order valence-corrected chi connectivity index (χ3v) is 6.75. The van der Waals surface area contributed by atoms with Crippen molar-refractivity contribution in [3.05, 3.63) is 23.2 Å². The number of nitrogens with zero attached hydrogens (tertiary/aromatic N) is 2. The van der Waals surface area contributed by atoms with Crippen molar-refractivity contribution in [2.45, 2.75) is 17.6 Å². The first-order valence-electron chi connectivity index (χ1n) is 7.08. The lowest BCUT2D eigenvalue weighted by molar-refractivity contribution is -0.128. The highest BCUT2D eigenvalue weighted by molar-refractivity contribution is 7.99. The summed E-state index contributed by atoms with van der Waals surface area (Å²) in [4.78, 5) is 21.3. The number of sulfone groups is 1. The number of carbonyl (C=O) groups is 1. The van der Waals surface area contributed by atoms with Crippen LogP contribution in [0.5, 0.6) is 0 Å². The molecular weight excluding hydrogens is 358 g/mol. The van der Waals surface area contributed by atoms with Gasteiger partial charge in [0.15, 0.2) is 15.0 Å². The summed E-state index contributed by atoms with van der Waals surface area (Å²) in [5.74, 6) is 0.326. The number of halogens is 1. The summed E-state index contributed by atoms with van der Waals surface area (Å²) >= 11 is 7.23. The molecule has 9 heteroatoms. The predicted octanol–water partition coefficient (Wildman–Crippen LogP) is 1.95. The number of aromatic nitrogens is 2. The average Bonchev–Trinajstić information content (AvgIpc) is 3.06. The van der Waals surface area contributed by atoms with Crippen LogP contribution in [-0.2, 0) is 14.6 Å². The molecule has 2 aromatic rings. The number of amides is 1. The Labute approximate surface area is 143 Å². The molecule has 0 aliphatic carbocycles. The smallest absolute Gasteiger partial charge is 0.233 e. The van der Waals surface area contributed by atoms with Gasteiger partial charge in [-0.2, -0.15) is 0 Å². The van der Waals surface area contributed by atoms with Crippen LogP contribution in [0.25, 0.3) is 11.0 Å². The van der Waals surface area contributed by atoms with Crippen molar-refractivity contribution in [1.82, 2.24) is 14.9 Å². The SMILES string of the molecule is CN(C(=O)CSc1nc2ccc(Cl)cc2[nH]1)C1CCS(=O)(=O)C1. The Balaban J connectivity index is 1.61. The van der Waals surface area contributed by atoms with Crippen molar-refractivity contribution in [2.75, 3.05) is 24.3 Å². The van der Waals surface area contributed by atoms with Crippen LogP contribution in [0.3, 0.4) is 0 Å². The number of nitrogens with one attached hydrogen (secondary N) is 1. The molecule has 0 bridgehead atoms. The van der Waals surface area contributed by atoms with Gasteiger partial charge < -0.3 is 9.88 Å². The number of imidazole rings is 1. The molecule has 1 N–H and O–H groups in total. The van der Waals surface area contributed by atoms with Crippen LogP contribution in [-0.4, -0.2) is 59.5 Å². The monoisotopic (exact) mass is 373 g/mol. The van der Waals surface area contributed by atoms with Gasteiger partial charge in [-0.05, 0) is 24.6 Å². The van der Waals surface area contributed by atoms with Crippen molar-refractivity contribution >= 4 is 50.1 Å². The Bertz CT molecular complexity index is 850. The molecule has 0 saturated carbocycles. The van der Waals surface area contributed by atoms with Crippen LogP contribution >= 0.6 is 23.4 Å². The van der Waals surface area contributed by atoms with E-state index in [0.29, 0.717) is 16.6 Å². The Morgan fingerprint density at radius 1 is 1.52 bits per heavy atom. The third-order valence-electron chi connectivity index (χ3n) is 3.90. The fourth-order valence-electron chi connectivity index (χ4n) is 2.54. The molecule has 1 aliphatic rings. The molecule has 0 spiro atoms. The molecule has 1 unspecified atom stereocenters. The summed E-state index contributed by atoms with van der Waals surface area (Å²) in [7, 11) is -1.33. The Morgan fingerprint density at radius 2 is 2.30 bits per heavy atom. The lowest BCUT2D eigenvalue weighted by Gasteiger charge is -2.22. The van der Waals surface area contributed by atoms with Crippen molar-refractivity contribution < 1.29 is 13.2 Å². The molecule has 124 valence electrons. The van der Waals surface area contributed by atoms with Crippen LogP contribution < -0.4 is 0 Å². The number of H-pyrrole nitrogens is 1. The van der Waals surface area contributed by atoms with Gasteiger partial charge in [-0.25, -0.2) is 13.4 Å². The number of carbonyl (C=O) groups excluding carboxylic acids is 1. The minimum atomic E-state index is -2.99. The first-order valence-corrected chi connectivity index (χ1v) is 10.3. The summed E-state index contributed by atoms with van der Waals surface area (Å²) in [5, 5.41) is 1.26. The van der Waals surface area contributed by atoms with Gasteiger partial charge in [-0.1, -0.05) is 23.4 Å². The average molecular weight is 374 g/mol. The molecule has 0 radical (unpaired) electrons. The van der Waals surface area contributed by atoms with E-state index < -0.39 is 9.84 Å². The van der Waals surface area contributed by atoms with Gasteiger partial charge in [0.25, 0.3) is 0 Å². The fourth-order valence-corrected chi connectivity index (χ4v) is 5.30. The molecule has 1 saturated heterocycles. The first-order chi connectivity index (χ1) is 10.8. The lowest BCUT2D eigenvalue weighted by Crippen LogP contribution is -2.38. The summed E-state index contributed by atoms with van der Waals surface area (Å²) < 4.78 is 23.0. The van der Waals surface area contributed by atoms with Gasteiger partial charge in [-0.15, -0.1) is 0 Å². The van der Waals surface area contributed by atoms with Crippen LogP contribution in [0.4, 0.5) is 0 Å². The highest BCUT2D eigenvalue weighted by Gasteiger charge is 2.32. The number of fused-ring (bicyclic) bond motifs is 1. The van der Waals surface area contributed by atoms with Crippen LogP contribution in [0.15, 0.2) is 23.4 Å². The summed E-state index contributed by atoms with van der Waals surface area (Å²) in [6.45, 7) is 0. The highest BCUT2D eigenvalue weighted by atomic mass is 35.5. The van der Waals surface area contributed by atoms with E-state index in [4.69, 9.17) is 11.6 Å². The molecule has 2 heterocycles. The Hall–Kier alpha value is -1.25. The van der Waals surface area contributed by atoms with Crippen LogP contribution in [0.2, 0.25) is 5.02 Å². The van der Waals surface area contributed by atoms with Gasteiger partial charge in [0, 0.05) is 18.1 Å². The number of hydrogen-bond donors (Lipinski definition) is 1. The maximum absolute atomic E-state index is 12.2. The van der Waals surface area contributed by atoms with Crippen molar-refractivity contribution in [1.29, 1.82) is 0 Å². The summed E-state index contributed by atoms with van der Waals surface area (Å²) in [6, 6.07) is 5.14. The number of benzene rings is 1. The van der Waals surface area contributed by atoms with E-state index in [2.05, 4.69) is 9.97 Å². The fraction of sp³-hybridized carbons (Fsp3) is 0.429. The van der Waals surface area contributed by atoms with Crippen molar-refractivity contribution in [3.8, 4) is 0 Å². The summed E-state index contributed by atoms with van der Waals surface area (Å²) in [5.41, 5.74) is 1.61. The molecule has 6 nitrogen and oxygen atoms in total. The topological polar surface area (TPSA) is 83.1 Å². The Morgan fingerprint density at radius 3 is 3.00 bits per heavy atom. The molecule has 1 amide bonds. The highest BCUT2D eigenvalue weighted by Crippen LogP contribution is 2.23. The maximum atomic E-state index is 12.2. The number of thioether (sulfide) groups is 1. The molecule has 1 atom stereocenters. The van der Waals surface area contributed by atoms with Gasteiger partial charge in [0.1, 0.15) is 0 Å². The zero-order chi connectivity index (χ0) is 16.6. The van der Waals surface area contributed by atoms with Crippen LogP contribution in [0, 0.1) is 0 Å². The van der Waals surface area contributed by atoms with E-state index in [0.717, 1.165) is 11.0 Å². The Kier molecular flexibility index (Phi) is 4.57. The second-order valence-electron chi connectivity index (χ2n) is 5.55. The van der Waals surface area contributed by atoms with Gasteiger partial charge in [0.05, 0.1) is 28.3 Å². The van der Waals surface area contributed by atoms with Crippen LogP contribution in [0.1, 0.15) is 6.42 Å². The quantitative estimate of drug-likeness (QED) is 0.828. The van der Waals surface area contributed by atoms with E-state index in [1.807, 2.05) is 6.07 Å². The minimum Gasteiger partial charge on any atom is -0.341 e. The van der Waals surface area contributed by atoms with Gasteiger partial charge in [-0.3, -0.25) is 4.79 Å². The summed E-state index contributed by atoms with van der Waals surface area (Å²) in [6.07, 6.45) is 0.512. The zero-order valence-corrected chi connectivity index (χ0v) is 14.8. The standard InChI is InChI=1S/C14H16ClN3O3S2/c1-18(10-4-5-23(20,21)8-10)13(19)7-22-14-16-11-3-2-9(15)6-12(11)17-14/h2-3,6,10H,4-5,7-8H2,1H3,(H,16,17). The van der Waals surface area contributed by atoms with E-state index >= 15 is 0 Å². The maximum Gasteiger partial charge on any atom is 0.233 e. The van der Waals surface area contributed by atoms with E-state index in [1.165, 1.54) is 16.7 Å². The normalized spacial score (nSPS) is 20.0. The molecule has 1 aliphatic heterocycles. The molecule has 3 rings (SSSR count). The zero-order valence-electron chi connectivity index (χ0n) is 12.5. The number of aromatic amines is 1. The van der Waals surface area contributed by atoms with Gasteiger partial charge >= 0.3 is 0 Å². The first kappa shape index (κ1) is 16.6. The van der Waals surface area contributed by atoms with Crippen molar-refractivity contribution in [2.24, 2.45) is 0 Å². The number of rotatable bonds is 4. The minimum absolute atomic E-state index is 0.0586. The third kappa shape index (κ3) is 3.81. The van der Waals surface area contributed by atoms with E-state index in [1.54, 1.807) is 19.2 Å². The van der Waals surface area contributed by atoms with Crippen molar-refractivity contribution in [3.63, 3.8) is 0 Å².